The van der Waals surface area contributed by atoms with Crippen molar-refractivity contribution in [2.45, 2.75) is 25.4 Å². The van der Waals surface area contributed by atoms with Gasteiger partial charge in [-0.1, -0.05) is 0 Å². The summed E-state index contributed by atoms with van der Waals surface area (Å²) in [6.07, 6.45) is 2.07. The Morgan fingerprint density at radius 1 is 1.30 bits per heavy atom. The molecule has 5 heteroatoms. The number of hydrogen-bond donors (Lipinski definition) is 1. The molecule has 0 spiro atoms. The van der Waals surface area contributed by atoms with E-state index in [1.807, 2.05) is 0 Å². The zero-order valence-corrected chi connectivity index (χ0v) is 12.2. The van der Waals surface area contributed by atoms with Crippen molar-refractivity contribution in [2.24, 2.45) is 0 Å². The lowest BCUT2D eigenvalue weighted by Crippen LogP contribution is -2.47. The third-order valence-corrected chi connectivity index (χ3v) is 3.50. The fourth-order valence-corrected chi connectivity index (χ4v) is 2.38. The Balaban J connectivity index is 2.21. The van der Waals surface area contributed by atoms with Crippen LogP contribution in [0.4, 0.5) is 0 Å². The minimum absolute atomic E-state index is 0.252. The van der Waals surface area contributed by atoms with E-state index in [4.69, 9.17) is 14.2 Å². The fourth-order valence-electron chi connectivity index (χ4n) is 2.38. The van der Waals surface area contributed by atoms with Crippen molar-refractivity contribution in [2.75, 3.05) is 27.3 Å². The summed E-state index contributed by atoms with van der Waals surface area (Å²) in [7, 11) is 2.92. The van der Waals surface area contributed by atoms with Crippen molar-refractivity contribution in [3.63, 3.8) is 0 Å². The van der Waals surface area contributed by atoms with E-state index in [2.05, 4.69) is 12.2 Å². The molecule has 2 rings (SSSR count). The first-order chi connectivity index (χ1) is 9.58. The quantitative estimate of drug-likeness (QED) is 0.854. The number of nitrogens with one attached hydrogen (secondary N) is 1. The SMILES string of the molecule is COC(=O)c1ccc(OC2(C)CCCNC2)c(OC)c1. The van der Waals surface area contributed by atoms with Crippen LogP contribution in [-0.2, 0) is 4.74 Å². The summed E-state index contributed by atoms with van der Waals surface area (Å²) < 4.78 is 16.1. The van der Waals surface area contributed by atoms with Crippen LogP contribution in [0.1, 0.15) is 30.1 Å². The average molecular weight is 279 g/mol. The fraction of sp³-hybridized carbons (Fsp3) is 0.533. The van der Waals surface area contributed by atoms with Crippen LogP contribution in [0.15, 0.2) is 18.2 Å². The first-order valence-electron chi connectivity index (χ1n) is 6.74. The van der Waals surface area contributed by atoms with E-state index in [-0.39, 0.29) is 11.6 Å². The lowest BCUT2D eigenvalue weighted by molar-refractivity contribution is 0.0578. The van der Waals surface area contributed by atoms with Crippen LogP contribution in [0, 0.1) is 0 Å². The number of methoxy groups -OCH3 is 2. The summed E-state index contributed by atoms with van der Waals surface area (Å²) in [6, 6.07) is 5.08. The van der Waals surface area contributed by atoms with Gasteiger partial charge >= 0.3 is 5.97 Å². The van der Waals surface area contributed by atoms with Crippen LogP contribution in [0.2, 0.25) is 0 Å². The van der Waals surface area contributed by atoms with Gasteiger partial charge in [0.25, 0.3) is 0 Å². The van der Waals surface area contributed by atoms with Crippen LogP contribution in [0.25, 0.3) is 0 Å². The minimum Gasteiger partial charge on any atom is -0.493 e. The highest BCUT2D eigenvalue weighted by atomic mass is 16.5. The van der Waals surface area contributed by atoms with Gasteiger partial charge in [0.1, 0.15) is 5.60 Å². The highest BCUT2D eigenvalue weighted by Crippen LogP contribution is 2.33. The van der Waals surface area contributed by atoms with E-state index >= 15 is 0 Å². The van der Waals surface area contributed by atoms with Crippen LogP contribution in [0.5, 0.6) is 11.5 Å². The largest absolute Gasteiger partial charge is 0.493 e. The third-order valence-electron chi connectivity index (χ3n) is 3.50. The van der Waals surface area contributed by atoms with Gasteiger partial charge in [-0.15, -0.1) is 0 Å². The second-order valence-corrected chi connectivity index (χ2v) is 5.19. The molecule has 0 amide bonds. The molecule has 1 heterocycles. The number of esters is 1. The Labute approximate surface area is 119 Å². The molecular formula is C15H21NO4. The van der Waals surface area contributed by atoms with E-state index < -0.39 is 0 Å². The topological polar surface area (TPSA) is 56.8 Å². The zero-order valence-electron chi connectivity index (χ0n) is 12.2. The Bertz CT molecular complexity index is 481. The van der Waals surface area contributed by atoms with Crippen LogP contribution in [0.3, 0.4) is 0 Å². The summed E-state index contributed by atoms with van der Waals surface area (Å²) >= 11 is 0. The molecule has 1 unspecified atom stereocenters. The van der Waals surface area contributed by atoms with Crippen molar-refractivity contribution >= 4 is 5.97 Å². The summed E-state index contributed by atoms with van der Waals surface area (Å²) in [5.41, 5.74) is 0.196. The highest BCUT2D eigenvalue weighted by molar-refractivity contribution is 5.90. The minimum atomic E-state index is -0.389. The Kier molecular flexibility index (Phi) is 4.49. The van der Waals surface area contributed by atoms with E-state index in [9.17, 15) is 4.79 Å². The molecule has 1 N–H and O–H groups in total. The number of rotatable bonds is 4. The zero-order chi connectivity index (χ0) is 14.6. The van der Waals surface area contributed by atoms with Gasteiger partial charge in [0.05, 0.1) is 19.8 Å². The molecule has 1 aromatic rings. The second-order valence-electron chi connectivity index (χ2n) is 5.19. The van der Waals surface area contributed by atoms with Gasteiger partial charge in [0.15, 0.2) is 11.5 Å². The number of hydrogen-bond acceptors (Lipinski definition) is 5. The van der Waals surface area contributed by atoms with Crippen molar-refractivity contribution in [1.29, 1.82) is 0 Å². The number of piperidine rings is 1. The number of benzene rings is 1. The molecule has 0 saturated carbocycles. The van der Waals surface area contributed by atoms with Crippen LogP contribution >= 0.6 is 0 Å². The molecule has 0 bridgehead atoms. The average Bonchev–Trinajstić information content (AvgIpc) is 2.47. The second kappa shape index (κ2) is 6.13. The summed E-state index contributed by atoms with van der Waals surface area (Å²) in [5.74, 6) is 0.798. The maximum Gasteiger partial charge on any atom is 0.337 e. The Morgan fingerprint density at radius 3 is 2.70 bits per heavy atom. The molecule has 0 radical (unpaired) electrons. The smallest absolute Gasteiger partial charge is 0.337 e. The molecule has 5 nitrogen and oxygen atoms in total. The monoisotopic (exact) mass is 279 g/mol. The molecule has 1 fully saturated rings. The van der Waals surface area contributed by atoms with Crippen molar-refractivity contribution in [1.82, 2.24) is 5.32 Å². The standard InChI is InChI=1S/C15H21NO4/c1-15(7-4-8-16-10-15)20-12-6-5-11(14(17)19-3)9-13(12)18-2/h5-6,9,16H,4,7-8,10H2,1-3H3. The predicted octanol–water partition coefficient (Wildman–Crippen LogP) is 2.00. The molecule has 1 atom stereocenters. The van der Waals surface area contributed by atoms with Gasteiger partial charge in [-0.2, -0.15) is 0 Å². The lowest BCUT2D eigenvalue weighted by Gasteiger charge is -2.35. The lowest BCUT2D eigenvalue weighted by atomic mass is 9.96. The highest BCUT2D eigenvalue weighted by Gasteiger charge is 2.29. The van der Waals surface area contributed by atoms with Crippen LogP contribution in [-0.4, -0.2) is 38.9 Å². The maximum absolute atomic E-state index is 11.5. The number of ether oxygens (including phenoxy) is 3. The molecule has 0 aliphatic carbocycles. The van der Waals surface area contributed by atoms with Crippen molar-refractivity contribution in [3.05, 3.63) is 23.8 Å². The molecule has 0 aromatic heterocycles. The predicted molar refractivity (Wildman–Crippen MR) is 75.5 cm³/mol. The first kappa shape index (κ1) is 14.7. The summed E-state index contributed by atoms with van der Waals surface area (Å²) in [5, 5.41) is 3.33. The third kappa shape index (κ3) is 3.22. The molecule has 1 saturated heterocycles. The molecule has 1 aromatic carbocycles. The van der Waals surface area contributed by atoms with Gasteiger partial charge in [-0.05, 0) is 44.5 Å². The van der Waals surface area contributed by atoms with E-state index in [1.54, 1.807) is 25.3 Å². The summed E-state index contributed by atoms with van der Waals surface area (Å²) in [4.78, 5) is 11.5. The van der Waals surface area contributed by atoms with Gasteiger partial charge < -0.3 is 19.5 Å². The first-order valence-corrected chi connectivity index (χ1v) is 6.74. The van der Waals surface area contributed by atoms with Gasteiger partial charge in [-0.25, -0.2) is 4.79 Å². The van der Waals surface area contributed by atoms with Gasteiger partial charge in [-0.3, -0.25) is 0 Å². The van der Waals surface area contributed by atoms with Gasteiger partial charge in [0, 0.05) is 6.54 Å². The van der Waals surface area contributed by atoms with Crippen LogP contribution < -0.4 is 14.8 Å². The van der Waals surface area contributed by atoms with E-state index in [1.165, 1.54) is 7.11 Å². The molecule has 110 valence electrons. The Morgan fingerprint density at radius 2 is 2.10 bits per heavy atom. The van der Waals surface area contributed by atoms with E-state index in [0.29, 0.717) is 17.1 Å². The van der Waals surface area contributed by atoms with E-state index in [0.717, 1.165) is 25.9 Å². The Hall–Kier alpha value is -1.75. The maximum atomic E-state index is 11.5. The summed E-state index contributed by atoms with van der Waals surface area (Å²) in [6.45, 7) is 3.90. The van der Waals surface area contributed by atoms with Crippen molar-refractivity contribution < 1.29 is 19.0 Å². The number of carbonyl (C=O) groups excluding carboxylic acids is 1. The molecule has 1 aliphatic heterocycles. The molecule has 20 heavy (non-hydrogen) atoms. The normalized spacial score (nSPS) is 22.1. The van der Waals surface area contributed by atoms with Gasteiger partial charge in [0.2, 0.25) is 0 Å². The molecule has 1 aliphatic rings. The van der Waals surface area contributed by atoms with Crippen molar-refractivity contribution in [3.8, 4) is 11.5 Å². The molecular weight excluding hydrogens is 258 g/mol. The number of carbonyl (C=O) groups is 1.